The van der Waals surface area contributed by atoms with Crippen LogP contribution >= 0.6 is 0 Å². The smallest absolute Gasteiger partial charge is 0.333 e. The SMILES string of the molecule is C=C(C)C(=O)OC12CC3CC(CC(C3)C1)C2.C=C(C)C(=O)OC1CC2CC1C1C3CCC(C3)C21.C=C(C)C(=O)OC1CC2CC1C1CCCC21.C=C(C)C(=O)OC1CC2CCC1(C)C2(C)C.C=C(C)C(=O)OC1CC2CCC1C2.C=CC(=O)OC1CC2CCC1(C)C2(C)C.C=CC(=O)OC1CC2CCC1C2. The Labute approximate surface area is 636 Å². The lowest BCUT2D eigenvalue weighted by Gasteiger charge is -2.55. The molecule has 586 valence electrons. The van der Waals surface area contributed by atoms with Gasteiger partial charge in [0, 0.05) is 50.8 Å². The van der Waals surface area contributed by atoms with Gasteiger partial charge in [0.15, 0.2) is 0 Å². The molecule has 18 bridgehead atoms. The standard InChI is InChI=1S/C16H22O2.2C14H20O2.C14H22O2.C13H20O2.C11H16O2.C10H14O2/c1-8(2)16(17)18-13-7-11-6-12(13)15-10-4-3-9(5-10)14(11)15;1-9(2)13(15)16-14-6-10-3-11(7-14)5-12(4-10)8-14;1-8(2)14(15)16-13-7-9-6-12(13)11-5-3-4-10(9)11;1-9(2)12(15)16-11-8-10-6-7-14(11,5)13(10,3)4;1-5-11(14)15-10-8-9-6-7-13(10,4)12(9,2)3;1-7(2)11(12)13-10-6-8-3-4-9(10)5-8;1-2-10(11)12-9-6-7-3-4-8(9)5-7/h9-15H,1,3-7H2,2H3;10-12H,1,3-8H2,2H3;9-13H,1,3-7H2,2H3;10-11H,1,6-8H2,2-5H3;5,9-10H,1,6-8H2,2-4H3;8-10H,1,3-6H2,2H3;2,7-9H,1,3-6H2. The first-order valence-corrected chi connectivity index (χ1v) is 42.0. The van der Waals surface area contributed by atoms with E-state index in [0.717, 1.165) is 135 Å². The number of hydrogen-bond donors (Lipinski definition) is 0. The largest absolute Gasteiger partial charge is 0.459 e. The van der Waals surface area contributed by atoms with Gasteiger partial charge in [0.25, 0.3) is 0 Å². The third-order valence-electron chi connectivity index (χ3n) is 32.7. The van der Waals surface area contributed by atoms with E-state index in [4.69, 9.17) is 33.2 Å². The van der Waals surface area contributed by atoms with E-state index in [9.17, 15) is 33.6 Å². The van der Waals surface area contributed by atoms with E-state index < -0.39 is 0 Å². The van der Waals surface area contributed by atoms with Crippen molar-refractivity contribution in [3.63, 3.8) is 0 Å². The molecule has 24 atom stereocenters. The van der Waals surface area contributed by atoms with Gasteiger partial charge in [-0.2, -0.15) is 0 Å². The Balaban J connectivity index is 0.000000116. The van der Waals surface area contributed by atoms with Gasteiger partial charge in [0.2, 0.25) is 0 Å². The first kappa shape index (κ1) is 80.0. The van der Waals surface area contributed by atoms with Crippen LogP contribution in [0.1, 0.15) is 269 Å². The van der Waals surface area contributed by atoms with Gasteiger partial charge in [-0.25, -0.2) is 33.6 Å². The molecule has 0 spiro atoms. The molecule has 106 heavy (non-hydrogen) atoms. The van der Waals surface area contributed by atoms with Gasteiger partial charge in [-0.3, -0.25) is 0 Å². The first-order chi connectivity index (χ1) is 50.0. The summed E-state index contributed by atoms with van der Waals surface area (Å²) in [5.74, 6) is 14.1. The maximum atomic E-state index is 11.7. The fourth-order valence-electron chi connectivity index (χ4n) is 26.8. The van der Waals surface area contributed by atoms with Crippen molar-refractivity contribution in [1.29, 1.82) is 0 Å². The normalized spacial score (nSPS) is 42.8. The zero-order valence-electron chi connectivity index (χ0n) is 67.0. The number of hydrogen-bond acceptors (Lipinski definition) is 14. The second kappa shape index (κ2) is 31.7. The Morgan fingerprint density at radius 1 is 0.330 bits per heavy atom. The van der Waals surface area contributed by atoms with Crippen LogP contribution in [0.3, 0.4) is 0 Å². The van der Waals surface area contributed by atoms with E-state index >= 15 is 0 Å². The number of fused-ring (bicyclic) bond motifs is 22. The van der Waals surface area contributed by atoms with Gasteiger partial charge in [-0.1, -0.05) is 94.0 Å². The van der Waals surface area contributed by atoms with Gasteiger partial charge >= 0.3 is 41.8 Å². The van der Waals surface area contributed by atoms with Gasteiger partial charge in [-0.05, 0) is 344 Å². The third-order valence-corrected chi connectivity index (χ3v) is 32.7. The number of ether oxygens (including phenoxy) is 7. The molecule has 19 rings (SSSR count). The van der Waals surface area contributed by atoms with Crippen molar-refractivity contribution < 1.29 is 66.7 Å². The van der Waals surface area contributed by atoms with Crippen LogP contribution in [0.2, 0.25) is 0 Å². The number of esters is 7. The molecule has 19 aliphatic carbocycles. The molecular weight excluding hydrogens is 1330 g/mol. The van der Waals surface area contributed by atoms with Crippen LogP contribution in [0.15, 0.2) is 86.1 Å². The Hall–Kier alpha value is -5.53. The monoisotopic (exact) mass is 1460 g/mol. The fourth-order valence-corrected chi connectivity index (χ4v) is 26.8. The lowest BCUT2D eigenvalue weighted by Crippen LogP contribution is -2.52. The van der Waals surface area contributed by atoms with Crippen molar-refractivity contribution in [2.75, 3.05) is 0 Å². The highest BCUT2D eigenvalue weighted by molar-refractivity contribution is 5.89. The average Bonchev–Trinajstić information content (AvgIpc) is 1.54. The molecule has 19 fully saturated rings. The Kier molecular flexibility index (Phi) is 23.9. The van der Waals surface area contributed by atoms with E-state index in [1.165, 1.54) is 147 Å². The van der Waals surface area contributed by atoms with Gasteiger partial charge in [-0.15, -0.1) is 0 Å². The van der Waals surface area contributed by atoms with Crippen molar-refractivity contribution >= 4 is 41.8 Å². The summed E-state index contributed by atoms with van der Waals surface area (Å²) in [6.07, 6.45) is 41.3. The maximum absolute atomic E-state index is 11.7. The van der Waals surface area contributed by atoms with Gasteiger partial charge in [0.05, 0.1) is 0 Å². The Morgan fingerprint density at radius 2 is 0.736 bits per heavy atom. The molecule has 0 N–H and O–H groups in total. The number of rotatable bonds is 14. The molecule has 0 radical (unpaired) electrons. The summed E-state index contributed by atoms with van der Waals surface area (Å²) in [5, 5.41) is 0. The predicted octanol–water partition coefficient (Wildman–Crippen LogP) is 19.6. The quantitative estimate of drug-likeness (QED) is 0.0692. The van der Waals surface area contributed by atoms with Crippen LogP contribution in [-0.2, 0) is 66.7 Å². The van der Waals surface area contributed by atoms with Crippen LogP contribution in [0.5, 0.6) is 0 Å². The van der Waals surface area contributed by atoms with E-state index in [1.54, 1.807) is 34.6 Å². The van der Waals surface area contributed by atoms with Crippen molar-refractivity contribution in [2.45, 2.75) is 311 Å². The zero-order valence-corrected chi connectivity index (χ0v) is 67.0. The summed E-state index contributed by atoms with van der Waals surface area (Å²) in [6.45, 7) is 47.5. The van der Waals surface area contributed by atoms with Crippen LogP contribution < -0.4 is 0 Å². The number of carbonyl (C=O) groups is 7. The molecule has 0 aromatic rings. The molecule has 0 heterocycles. The number of carbonyl (C=O) groups excluding carboxylic acids is 7. The predicted molar refractivity (Wildman–Crippen MR) is 411 cm³/mol. The second-order valence-corrected chi connectivity index (χ2v) is 39.5. The lowest BCUT2D eigenvalue weighted by atomic mass is 9.54. The first-order valence-electron chi connectivity index (χ1n) is 42.0. The molecular formula is C92H134O14. The summed E-state index contributed by atoms with van der Waals surface area (Å²) < 4.78 is 38.7. The molecule has 0 saturated heterocycles. The van der Waals surface area contributed by atoms with Crippen molar-refractivity contribution in [2.24, 2.45) is 134 Å². The van der Waals surface area contributed by atoms with Crippen LogP contribution in [0, 0.1) is 134 Å². The topological polar surface area (TPSA) is 184 Å². The van der Waals surface area contributed by atoms with Crippen molar-refractivity contribution in [3.05, 3.63) is 86.1 Å². The fraction of sp³-hybridized carbons (Fsp3) is 0.772. The summed E-state index contributed by atoms with van der Waals surface area (Å²) in [7, 11) is 0. The third kappa shape index (κ3) is 16.0. The van der Waals surface area contributed by atoms with E-state index in [1.807, 2.05) is 0 Å². The molecule has 0 aromatic carbocycles. The summed E-state index contributed by atoms with van der Waals surface area (Å²) in [4.78, 5) is 80.0. The minimum atomic E-state index is -0.274. The summed E-state index contributed by atoms with van der Waals surface area (Å²) >= 11 is 0. The summed E-state index contributed by atoms with van der Waals surface area (Å²) in [6, 6.07) is 0. The summed E-state index contributed by atoms with van der Waals surface area (Å²) in [5.41, 5.74) is 3.45. The molecule has 19 saturated carbocycles. The molecule has 0 aromatic heterocycles. The highest BCUT2D eigenvalue weighted by Gasteiger charge is 2.66. The Bertz CT molecular complexity index is 3380. The molecule has 19 aliphatic rings. The molecule has 24 unspecified atom stereocenters. The maximum Gasteiger partial charge on any atom is 0.333 e. The van der Waals surface area contributed by atoms with E-state index in [2.05, 4.69) is 87.6 Å². The highest BCUT2D eigenvalue weighted by Crippen LogP contribution is 2.70. The lowest BCUT2D eigenvalue weighted by molar-refractivity contribution is -0.182. The van der Waals surface area contributed by atoms with Gasteiger partial charge in [0.1, 0.15) is 42.2 Å². The van der Waals surface area contributed by atoms with Crippen LogP contribution in [-0.4, -0.2) is 84.0 Å². The zero-order chi connectivity index (χ0) is 76.4. The minimum absolute atomic E-state index is 0.0884. The van der Waals surface area contributed by atoms with Crippen molar-refractivity contribution in [1.82, 2.24) is 0 Å². The average molecular weight is 1460 g/mol. The van der Waals surface area contributed by atoms with Gasteiger partial charge < -0.3 is 33.2 Å². The van der Waals surface area contributed by atoms with Crippen LogP contribution in [0.4, 0.5) is 0 Å². The highest BCUT2D eigenvalue weighted by atomic mass is 16.6. The van der Waals surface area contributed by atoms with E-state index in [0.29, 0.717) is 74.2 Å². The molecule has 0 aliphatic heterocycles. The molecule has 14 heteroatoms. The second-order valence-electron chi connectivity index (χ2n) is 39.5. The minimum Gasteiger partial charge on any atom is -0.459 e. The van der Waals surface area contributed by atoms with E-state index in [-0.39, 0.29) is 94.8 Å². The Morgan fingerprint density at radius 3 is 1.17 bits per heavy atom. The van der Waals surface area contributed by atoms with Crippen LogP contribution in [0.25, 0.3) is 0 Å². The molecule has 14 nitrogen and oxygen atoms in total. The van der Waals surface area contributed by atoms with Crippen molar-refractivity contribution in [3.8, 4) is 0 Å². The molecule has 0 amide bonds.